The van der Waals surface area contributed by atoms with Gasteiger partial charge in [0, 0.05) is 48.5 Å². The van der Waals surface area contributed by atoms with Crippen molar-refractivity contribution in [1.29, 1.82) is 5.26 Å². The highest BCUT2D eigenvalue weighted by Crippen LogP contribution is 2.50. The van der Waals surface area contributed by atoms with Crippen LogP contribution in [0.25, 0.3) is 0 Å². The average molecular weight is 348 g/mol. The van der Waals surface area contributed by atoms with E-state index in [1.165, 1.54) is 22.7 Å². The predicted octanol–water partition coefficient (Wildman–Crippen LogP) is 7.09. The fraction of sp³-hybridized carbons (Fsp3) is 0. The van der Waals surface area contributed by atoms with E-state index in [9.17, 15) is 0 Å². The van der Waals surface area contributed by atoms with Gasteiger partial charge in [-0.05, 0) is 0 Å². The van der Waals surface area contributed by atoms with Crippen molar-refractivity contribution in [2.75, 3.05) is 0 Å². The first-order valence-electron chi connectivity index (χ1n) is 8.76. The second-order valence-corrected chi connectivity index (χ2v) is 6.01. The van der Waals surface area contributed by atoms with Crippen molar-refractivity contribution >= 4 is 22.7 Å². The number of rotatable bonds is 4. The van der Waals surface area contributed by atoms with Crippen molar-refractivity contribution < 1.29 is 0 Å². The normalized spacial score (nSPS) is 10.4. The Morgan fingerprint density at radius 3 is 0.741 bits per heavy atom. The zero-order valence-corrected chi connectivity index (χ0v) is 14.9. The van der Waals surface area contributed by atoms with Crippen LogP contribution in [0.3, 0.4) is 0 Å². The molecule has 0 N–H and O–H groups in total. The molecule has 2 heteroatoms. The van der Waals surface area contributed by atoms with Crippen LogP contribution >= 0.6 is 0 Å². The van der Waals surface area contributed by atoms with E-state index >= 15 is 0 Å². The van der Waals surface area contributed by atoms with Crippen LogP contribution in [0.1, 0.15) is 0 Å². The topological polar surface area (TPSA) is 23.8 Å². The lowest BCUT2D eigenvalue weighted by molar-refractivity contribution is 0.704. The van der Waals surface area contributed by atoms with Crippen LogP contribution in [0.5, 0.6) is 0 Å². The summed E-state index contributed by atoms with van der Waals surface area (Å²) in [6.07, 6.45) is 0. The maximum absolute atomic E-state index is 6.25. The number of para-hydroxylation sites is 4. The standard InChI is InChI=1S/C24H20N.CN/c1-5-13-21(14-6-1)25(22-15-7-2-8-16-22,23-17-9-3-10-18-23)24-19-11-4-12-20-24;1-2/h1-20H;/q+1;-1. The maximum Gasteiger partial charge on any atom is 0.148 e. The Bertz CT molecular complexity index is 799. The third-order valence-electron chi connectivity index (χ3n) is 4.57. The van der Waals surface area contributed by atoms with E-state index in [1.54, 1.807) is 0 Å². The molecule has 0 atom stereocenters. The van der Waals surface area contributed by atoms with Crippen LogP contribution in [0.2, 0.25) is 0 Å². The third kappa shape index (κ3) is 3.37. The summed E-state index contributed by atoms with van der Waals surface area (Å²) in [5.41, 5.74) is 4.86. The molecule has 2 nitrogen and oxygen atoms in total. The highest BCUT2D eigenvalue weighted by molar-refractivity contribution is 5.81. The molecule has 0 spiro atoms. The third-order valence-corrected chi connectivity index (χ3v) is 4.57. The van der Waals surface area contributed by atoms with Gasteiger partial charge < -0.3 is 11.8 Å². The molecule has 0 radical (unpaired) electrons. The van der Waals surface area contributed by atoms with E-state index in [0.717, 1.165) is 0 Å². The van der Waals surface area contributed by atoms with Crippen LogP contribution in [0.4, 0.5) is 22.7 Å². The quantitative estimate of drug-likeness (QED) is 0.285. The Morgan fingerprint density at radius 2 is 0.556 bits per heavy atom. The Hall–Kier alpha value is -3.67. The lowest BCUT2D eigenvalue weighted by Crippen LogP contribution is -2.33. The van der Waals surface area contributed by atoms with Crippen molar-refractivity contribution in [3.05, 3.63) is 128 Å². The van der Waals surface area contributed by atoms with Gasteiger partial charge in [0.05, 0.1) is 0 Å². The number of hydrogen-bond donors (Lipinski definition) is 0. The van der Waals surface area contributed by atoms with E-state index in [4.69, 9.17) is 11.8 Å². The summed E-state index contributed by atoms with van der Waals surface area (Å²) in [5, 5.41) is 6.25. The molecule has 0 bridgehead atoms. The molecule has 130 valence electrons. The minimum absolute atomic E-state index is 0.559. The summed E-state index contributed by atoms with van der Waals surface area (Å²) in [6.45, 7) is 4.75. The minimum Gasteiger partial charge on any atom is -0.512 e. The van der Waals surface area contributed by atoms with Gasteiger partial charge in [0.1, 0.15) is 22.7 Å². The van der Waals surface area contributed by atoms with Gasteiger partial charge in [-0.25, -0.2) is 0 Å². The molecule has 0 aromatic heterocycles. The second kappa shape index (κ2) is 8.62. The van der Waals surface area contributed by atoms with Gasteiger partial charge in [0.15, 0.2) is 0 Å². The van der Waals surface area contributed by atoms with Crippen molar-refractivity contribution in [2.24, 2.45) is 0 Å². The molecule has 0 unspecified atom stereocenters. The van der Waals surface area contributed by atoms with Gasteiger partial charge >= 0.3 is 0 Å². The van der Waals surface area contributed by atoms with E-state index in [2.05, 4.69) is 121 Å². The highest BCUT2D eigenvalue weighted by atomic mass is 15.4. The summed E-state index contributed by atoms with van der Waals surface area (Å²) in [4.78, 5) is 0. The van der Waals surface area contributed by atoms with E-state index in [-0.39, 0.29) is 0 Å². The van der Waals surface area contributed by atoms with Crippen LogP contribution in [0.15, 0.2) is 121 Å². The van der Waals surface area contributed by atoms with Crippen molar-refractivity contribution in [1.82, 2.24) is 4.48 Å². The molecule has 0 saturated carbocycles. The highest BCUT2D eigenvalue weighted by Gasteiger charge is 2.38. The molecule has 0 fully saturated rings. The zero-order chi connectivity index (χ0) is 19.0. The molecule has 27 heavy (non-hydrogen) atoms. The van der Waals surface area contributed by atoms with Crippen molar-refractivity contribution in [3.63, 3.8) is 0 Å². The van der Waals surface area contributed by atoms with E-state index in [0.29, 0.717) is 4.48 Å². The van der Waals surface area contributed by atoms with Crippen LogP contribution in [-0.2, 0) is 0 Å². The molecule has 4 aromatic rings. The molecule has 0 aliphatic carbocycles. The number of quaternary nitrogens is 1. The Kier molecular flexibility index (Phi) is 5.79. The average Bonchev–Trinajstić information content (AvgIpc) is 2.79. The van der Waals surface area contributed by atoms with Crippen molar-refractivity contribution in [3.8, 4) is 0 Å². The summed E-state index contributed by atoms with van der Waals surface area (Å²) in [6, 6.07) is 42.8. The van der Waals surface area contributed by atoms with Gasteiger partial charge in [-0.15, -0.1) is 0 Å². The fourth-order valence-corrected chi connectivity index (χ4v) is 3.50. The first-order chi connectivity index (χ1) is 13.4. The summed E-state index contributed by atoms with van der Waals surface area (Å²) >= 11 is 0. The summed E-state index contributed by atoms with van der Waals surface area (Å²) in [7, 11) is 0. The largest absolute Gasteiger partial charge is 0.512 e. The van der Waals surface area contributed by atoms with Gasteiger partial charge in [-0.3, -0.25) is 0 Å². The number of hydrogen-bond acceptors (Lipinski definition) is 1. The first-order valence-corrected chi connectivity index (χ1v) is 8.76. The number of benzene rings is 4. The zero-order valence-electron chi connectivity index (χ0n) is 14.9. The maximum atomic E-state index is 6.25. The molecule has 0 aliphatic heterocycles. The van der Waals surface area contributed by atoms with Crippen LogP contribution < -0.4 is 4.48 Å². The monoisotopic (exact) mass is 348 g/mol. The molecule has 0 aliphatic rings. The second-order valence-electron chi connectivity index (χ2n) is 6.01. The van der Waals surface area contributed by atoms with Gasteiger partial charge in [0.2, 0.25) is 0 Å². The first kappa shape index (κ1) is 18.1. The van der Waals surface area contributed by atoms with Gasteiger partial charge in [0.25, 0.3) is 0 Å². The Morgan fingerprint density at radius 1 is 0.370 bits per heavy atom. The van der Waals surface area contributed by atoms with Crippen molar-refractivity contribution in [2.45, 2.75) is 0 Å². The van der Waals surface area contributed by atoms with E-state index in [1.807, 2.05) is 0 Å². The lowest BCUT2D eigenvalue weighted by Gasteiger charge is -2.37. The number of nitrogens with zero attached hydrogens (tertiary/aromatic N) is 2. The smallest absolute Gasteiger partial charge is 0.148 e. The van der Waals surface area contributed by atoms with Gasteiger partial charge in [-0.1, -0.05) is 72.8 Å². The molecule has 4 rings (SSSR count). The lowest BCUT2D eigenvalue weighted by atomic mass is 10.1. The molecular weight excluding hydrogens is 328 g/mol. The van der Waals surface area contributed by atoms with Crippen LogP contribution in [0, 0.1) is 11.8 Å². The molecule has 0 heterocycles. The SMILES string of the molecule is [C-]#N.c1ccc([N+](c2ccccc2)(c2ccccc2)c2ccccc2)cc1. The molecule has 0 amide bonds. The predicted molar refractivity (Wildman–Crippen MR) is 112 cm³/mol. The van der Waals surface area contributed by atoms with Gasteiger partial charge in [-0.2, -0.15) is 4.48 Å². The Labute approximate surface area is 160 Å². The fourth-order valence-electron chi connectivity index (χ4n) is 3.50. The minimum atomic E-state index is 0.559. The molecular formula is C25H20N2. The van der Waals surface area contributed by atoms with Crippen LogP contribution in [-0.4, -0.2) is 0 Å². The summed E-state index contributed by atoms with van der Waals surface area (Å²) < 4.78 is 0.559. The summed E-state index contributed by atoms with van der Waals surface area (Å²) in [5.74, 6) is 0. The molecule has 4 aromatic carbocycles. The van der Waals surface area contributed by atoms with E-state index < -0.39 is 0 Å². The molecule has 0 saturated heterocycles. The Balaban J connectivity index is 0.00000102.